The van der Waals surface area contributed by atoms with E-state index in [1.165, 1.54) is 0 Å². The highest BCUT2D eigenvalue weighted by molar-refractivity contribution is 5.75. The molecule has 2 rings (SSSR count). The monoisotopic (exact) mass is 305 g/mol. The zero-order valence-electron chi connectivity index (χ0n) is 13.2. The Kier molecular flexibility index (Phi) is 5.81. The Labute approximate surface area is 131 Å². The largest absolute Gasteiger partial charge is 0.466 e. The third kappa shape index (κ3) is 4.00. The molecule has 0 aromatic heterocycles. The van der Waals surface area contributed by atoms with Gasteiger partial charge < -0.3 is 14.4 Å². The van der Waals surface area contributed by atoms with E-state index in [1.54, 1.807) is 11.8 Å². The van der Waals surface area contributed by atoms with Crippen LogP contribution in [0.1, 0.15) is 32.3 Å². The maximum atomic E-state index is 12.3. The summed E-state index contributed by atoms with van der Waals surface area (Å²) in [6.45, 7) is 4.89. The zero-order valence-corrected chi connectivity index (χ0v) is 13.2. The summed E-state index contributed by atoms with van der Waals surface area (Å²) in [5.41, 5.74) is 0.947. The van der Waals surface area contributed by atoms with Gasteiger partial charge in [0.05, 0.1) is 12.5 Å². The molecule has 120 valence electrons. The fourth-order valence-electron chi connectivity index (χ4n) is 2.77. The molecule has 0 unspecified atom stereocenters. The second kappa shape index (κ2) is 7.82. The number of nitrogens with zero attached hydrogens (tertiary/aromatic N) is 1. The number of ether oxygens (including phenoxy) is 2. The first-order chi connectivity index (χ1) is 10.6. The minimum atomic E-state index is -0.370. The number of likely N-dealkylation sites (tertiary alicyclic amines) is 1. The lowest BCUT2D eigenvalue weighted by atomic mass is 9.90. The molecule has 2 atom stereocenters. The van der Waals surface area contributed by atoms with E-state index in [4.69, 9.17) is 9.47 Å². The van der Waals surface area contributed by atoms with E-state index < -0.39 is 0 Å². The first-order valence-corrected chi connectivity index (χ1v) is 7.77. The van der Waals surface area contributed by atoms with Crippen molar-refractivity contribution in [2.75, 3.05) is 13.2 Å². The van der Waals surface area contributed by atoms with Crippen molar-refractivity contribution in [3.05, 3.63) is 35.9 Å². The molecule has 1 aromatic carbocycles. The van der Waals surface area contributed by atoms with Gasteiger partial charge in [-0.1, -0.05) is 30.3 Å². The van der Waals surface area contributed by atoms with Crippen LogP contribution >= 0.6 is 0 Å². The lowest BCUT2D eigenvalue weighted by molar-refractivity contribution is -0.151. The first kappa shape index (κ1) is 16.3. The second-order valence-electron chi connectivity index (χ2n) is 5.47. The van der Waals surface area contributed by atoms with Gasteiger partial charge >= 0.3 is 12.1 Å². The lowest BCUT2D eigenvalue weighted by Gasteiger charge is -2.37. The average molecular weight is 305 g/mol. The van der Waals surface area contributed by atoms with Crippen molar-refractivity contribution >= 4 is 12.1 Å². The minimum absolute atomic E-state index is 0.198. The molecule has 0 N–H and O–H groups in total. The van der Waals surface area contributed by atoms with Gasteiger partial charge in [0.2, 0.25) is 0 Å². The van der Waals surface area contributed by atoms with Crippen molar-refractivity contribution in [3.63, 3.8) is 0 Å². The zero-order chi connectivity index (χ0) is 15.9. The lowest BCUT2D eigenvalue weighted by Crippen LogP contribution is -2.49. The molecule has 1 amide bonds. The van der Waals surface area contributed by atoms with Crippen LogP contribution < -0.4 is 0 Å². The summed E-state index contributed by atoms with van der Waals surface area (Å²) in [6.07, 6.45) is 1.17. The van der Waals surface area contributed by atoms with E-state index in [1.807, 2.05) is 37.3 Å². The molecule has 0 saturated carbocycles. The number of esters is 1. The molecule has 1 aliphatic heterocycles. The van der Waals surface area contributed by atoms with E-state index in [-0.39, 0.29) is 30.6 Å². The van der Waals surface area contributed by atoms with Gasteiger partial charge in [-0.15, -0.1) is 0 Å². The normalized spacial score (nSPS) is 21.3. The molecule has 22 heavy (non-hydrogen) atoms. The number of hydrogen-bond donors (Lipinski definition) is 0. The summed E-state index contributed by atoms with van der Waals surface area (Å²) < 4.78 is 10.5. The summed E-state index contributed by atoms with van der Waals surface area (Å²) >= 11 is 0. The number of rotatable bonds is 4. The summed E-state index contributed by atoms with van der Waals surface area (Å²) in [5, 5.41) is 0. The molecular weight excluding hydrogens is 282 g/mol. The van der Waals surface area contributed by atoms with Crippen LogP contribution in [0, 0.1) is 5.92 Å². The van der Waals surface area contributed by atoms with Crippen LogP contribution in [0.15, 0.2) is 30.3 Å². The summed E-state index contributed by atoms with van der Waals surface area (Å²) in [6, 6.07) is 9.36. The SMILES string of the molecule is CCOC(=O)[C@@H]1CCCN(C(=O)OCc2ccccc2)[C@@H]1C. The molecule has 0 bridgehead atoms. The van der Waals surface area contributed by atoms with E-state index in [0.29, 0.717) is 13.2 Å². The third-order valence-corrected chi connectivity index (χ3v) is 4.02. The predicted octanol–water partition coefficient (Wildman–Crippen LogP) is 2.99. The van der Waals surface area contributed by atoms with Gasteiger partial charge in [-0.2, -0.15) is 0 Å². The third-order valence-electron chi connectivity index (χ3n) is 4.02. The molecule has 5 heteroatoms. The Hall–Kier alpha value is -2.04. The fraction of sp³-hybridized carbons (Fsp3) is 0.529. The van der Waals surface area contributed by atoms with E-state index in [0.717, 1.165) is 18.4 Å². The van der Waals surface area contributed by atoms with E-state index in [9.17, 15) is 9.59 Å². The summed E-state index contributed by atoms with van der Waals surface area (Å²) in [5.74, 6) is -0.492. The molecule has 1 aliphatic rings. The molecule has 1 fully saturated rings. The molecule has 0 spiro atoms. The van der Waals surface area contributed by atoms with Gasteiger partial charge in [-0.05, 0) is 32.3 Å². The van der Waals surface area contributed by atoms with Crippen LogP contribution in [0.4, 0.5) is 4.79 Å². The average Bonchev–Trinajstić information content (AvgIpc) is 2.54. The Morgan fingerprint density at radius 2 is 1.95 bits per heavy atom. The number of amides is 1. The van der Waals surface area contributed by atoms with Gasteiger partial charge in [0.1, 0.15) is 6.61 Å². The summed E-state index contributed by atoms with van der Waals surface area (Å²) in [4.78, 5) is 25.8. The molecule has 0 radical (unpaired) electrons. The minimum Gasteiger partial charge on any atom is -0.466 e. The molecule has 1 aromatic rings. The van der Waals surface area contributed by atoms with Crippen LogP contribution in [-0.4, -0.2) is 36.2 Å². The number of piperidine rings is 1. The number of benzene rings is 1. The highest BCUT2D eigenvalue weighted by Crippen LogP contribution is 2.25. The number of carbonyl (C=O) groups is 2. The van der Waals surface area contributed by atoms with Crippen LogP contribution in [0.3, 0.4) is 0 Å². The Morgan fingerprint density at radius 3 is 2.64 bits per heavy atom. The van der Waals surface area contributed by atoms with E-state index in [2.05, 4.69) is 0 Å². The highest BCUT2D eigenvalue weighted by Gasteiger charge is 2.36. The number of carbonyl (C=O) groups excluding carboxylic acids is 2. The number of hydrogen-bond acceptors (Lipinski definition) is 4. The van der Waals surface area contributed by atoms with Crippen molar-refractivity contribution in [2.45, 2.75) is 39.3 Å². The van der Waals surface area contributed by atoms with Crippen LogP contribution in [0.2, 0.25) is 0 Å². The fourth-order valence-corrected chi connectivity index (χ4v) is 2.77. The van der Waals surface area contributed by atoms with Crippen LogP contribution in [0.5, 0.6) is 0 Å². The second-order valence-corrected chi connectivity index (χ2v) is 5.47. The molecule has 1 saturated heterocycles. The van der Waals surface area contributed by atoms with Gasteiger partial charge in [0, 0.05) is 12.6 Å². The van der Waals surface area contributed by atoms with Crippen molar-refractivity contribution in [2.24, 2.45) is 5.92 Å². The maximum absolute atomic E-state index is 12.3. The van der Waals surface area contributed by atoms with Gasteiger partial charge in [0.25, 0.3) is 0 Å². The molecule has 5 nitrogen and oxygen atoms in total. The van der Waals surface area contributed by atoms with Crippen molar-refractivity contribution in [3.8, 4) is 0 Å². The van der Waals surface area contributed by atoms with Crippen LogP contribution in [-0.2, 0) is 20.9 Å². The van der Waals surface area contributed by atoms with Crippen molar-refractivity contribution < 1.29 is 19.1 Å². The van der Waals surface area contributed by atoms with Gasteiger partial charge in [0.15, 0.2) is 0 Å². The predicted molar refractivity (Wildman–Crippen MR) is 82.2 cm³/mol. The Balaban J connectivity index is 1.92. The Bertz CT molecular complexity index is 503. The van der Waals surface area contributed by atoms with E-state index >= 15 is 0 Å². The van der Waals surface area contributed by atoms with Crippen LogP contribution in [0.25, 0.3) is 0 Å². The molecular formula is C17H23NO4. The highest BCUT2D eigenvalue weighted by atomic mass is 16.6. The van der Waals surface area contributed by atoms with Gasteiger partial charge in [-0.3, -0.25) is 4.79 Å². The molecule has 0 aliphatic carbocycles. The van der Waals surface area contributed by atoms with Gasteiger partial charge in [-0.25, -0.2) is 4.79 Å². The Morgan fingerprint density at radius 1 is 1.23 bits per heavy atom. The summed E-state index contributed by atoms with van der Waals surface area (Å²) in [7, 11) is 0. The first-order valence-electron chi connectivity index (χ1n) is 7.77. The standard InChI is InChI=1S/C17H23NO4/c1-3-21-16(19)15-10-7-11-18(13(15)2)17(20)22-12-14-8-5-4-6-9-14/h4-6,8-9,13,15H,3,7,10-12H2,1-2H3/t13-,15-/m1/s1. The van der Waals surface area contributed by atoms with Crippen molar-refractivity contribution in [1.82, 2.24) is 4.90 Å². The smallest absolute Gasteiger partial charge is 0.410 e. The maximum Gasteiger partial charge on any atom is 0.410 e. The molecule has 1 heterocycles. The van der Waals surface area contributed by atoms with Crippen molar-refractivity contribution in [1.29, 1.82) is 0 Å². The quantitative estimate of drug-likeness (QED) is 0.802. The topological polar surface area (TPSA) is 55.8 Å².